The van der Waals surface area contributed by atoms with Gasteiger partial charge in [-0.1, -0.05) is 78.9 Å². The zero-order valence-electron chi connectivity index (χ0n) is 14.2. The number of amides is 1. The summed E-state index contributed by atoms with van der Waals surface area (Å²) in [6.07, 6.45) is 0.572. The lowest BCUT2D eigenvalue weighted by Crippen LogP contribution is -2.38. The molecule has 130 valence electrons. The van der Waals surface area contributed by atoms with Crippen LogP contribution in [0, 0.1) is 0 Å². The Labute approximate surface area is 152 Å². The number of aliphatic carboxylic acids is 1. The van der Waals surface area contributed by atoms with E-state index in [1.54, 1.807) is 6.07 Å². The first kappa shape index (κ1) is 17.4. The average molecular weight is 345 g/mol. The minimum Gasteiger partial charge on any atom is -0.474 e. The van der Waals surface area contributed by atoms with Crippen LogP contribution < -0.4 is 4.90 Å². The third-order valence-electron chi connectivity index (χ3n) is 4.17. The summed E-state index contributed by atoms with van der Waals surface area (Å²) < 4.78 is 0. The highest BCUT2D eigenvalue weighted by molar-refractivity contribution is 6.37. The summed E-state index contributed by atoms with van der Waals surface area (Å²) in [5.74, 6) is -2.38. The number of rotatable bonds is 5. The normalized spacial score (nSPS) is 10.3. The highest BCUT2D eigenvalue weighted by Gasteiger charge is 2.24. The van der Waals surface area contributed by atoms with E-state index in [0.717, 1.165) is 16.7 Å². The van der Waals surface area contributed by atoms with Gasteiger partial charge < -0.3 is 10.0 Å². The summed E-state index contributed by atoms with van der Waals surface area (Å²) >= 11 is 0. The van der Waals surface area contributed by atoms with Crippen LogP contribution in [0.1, 0.15) is 5.56 Å². The van der Waals surface area contributed by atoms with Crippen molar-refractivity contribution < 1.29 is 14.7 Å². The lowest BCUT2D eigenvalue weighted by atomic mass is 10.0. The molecule has 0 radical (unpaired) electrons. The molecule has 0 aliphatic carbocycles. The summed E-state index contributed by atoms with van der Waals surface area (Å²) in [6.45, 7) is 0.291. The van der Waals surface area contributed by atoms with Gasteiger partial charge in [-0.05, 0) is 23.6 Å². The second-order valence-electron chi connectivity index (χ2n) is 5.88. The van der Waals surface area contributed by atoms with Crippen molar-refractivity contribution in [2.45, 2.75) is 6.42 Å². The van der Waals surface area contributed by atoms with Crippen molar-refractivity contribution in [3.05, 3.63) is 90.5 Å². The molecule has 0 bridgehead atoms. The molecule has 4 heteroatoms. The summed E-state index contributed by atoms with van der Waals surface area (Å²) in [5, 5.41) is 9.28. The van der Waals surface area contributed by atoms with E-state index < -0.39 is 11.9 Å². The van der Waals surface area contributed by atoms with Crippen molar-refractivity contribution in [3.63, 3.8) is 0 Å². The van der Waals surface area contributed by atoms with E-state index in [4.69, 9.17) is 0 Å². The van der Waals surface area contributed by atoms with Crippen molar-refractivity contribution in [3.8, 4) is 11.1 Å². The average Bonchev–Trinajstić information content (AvgIpc) is 2.70. The maximum absolute atomic E-state index is 12.4. The fraction of sp³-hybridized carbons (Fsp3) is 0.0909. The number of benzene rings is 3. The van der Waals surface area contributed by atoms with Crippen LogP contribution in [0.5, 0.6) is 0 Å². The summed E-state index contributed by atoms with van der Waals surface area (Å²) in [6, 6.07) is 26.7. The largest absolute Gasteiger partial charge is 0.474 e. The van der Waals surface area contributed by atoms with Gasteiger partial charge in [0, 0.05) is 12.1 Å². The quantitative estimate of drug-likeness (QED) is 0.711. The van der Waals surface area contributed by atoms with E-state index in [9.17, 15) is 14.7 Å². The fourth-order valence-corrected chi connectivity index (χ4v) is 2.90. The molecule has 0 spiro atoms. The molecular weight excluding hydrogens is 326 g/mol. The Balaban J connectivity index is 1.97. The fourth-order valence-electron chi connectivity index (χ4n) is 2.90. The van der Waals surface area contributed by atoms with Gasteiger partial charge in [-0.3, -0.25) is 4.79 Å². The number of carbonyl (C=O) groups excluding carboxylic acids is 1. The molecule has 0 saturated heterocycles. The van der Waals surface area contributed by atoms with Crippen molar-refractivity contribution in [2.75, 3.05) is 11.4 Å². The zero-order chi connectivity index (χ0) is 18.4. The van der Waals surface area contributed by atoms with E-state index in [1.165, 1.54) is 4.90 Å². The molecule has 4 nitrogen and oxygen atoms in total. The molecule has 1 amide bonds. The predicted molar refractivity (Wildman–Crippen MR) is 102 cm³/mol. The van der Waals surface area contributed by atoms with Crippen LogP contribution in [-0.2, 0) is 16.0 Å². The van der Waals surface area contributed by atoms with Crippen molar-refractivity contribution >= 4 is 17.6 Å². The highest BCUT2D eigenvalue weighted by Crippen LogP contribution is 2.31. The summed E-state index contributed by atoms with van der Waals surface area (Å²) in [4.78, 5) is 25.1. The van der Waals surface area contributed by atoms with Gasteiger partial charge in [-0.25, -0.2) is 4.79 Å². The monoisotopic (exact) mass is 345 g/mol. The van der Waals surface area contributed by atoms with E-state index >= 15 is 0 Å². The van der Waals surface area contributed by atoms with Gasteiger partial charge in [0.05, 0.1) is 5.69 Å². The minimum absolute atomic E-state index is 0.291. The second kappa shape index (κ2) is 8.12. The van der Waals surface area contributed by atoms with Gasteiger partial charge in [0.2, 0.25) is 0 Å². The van der Waals surface area contributed by atoms with Crippen molar-refractivity contribution in [1.29, 1.82) is 0 Å². The molecule has 26 heavy (non-hydrogen) atoms. The number of nitrogens with zero attached hydrogens (tertiary/aromatic N) is 1. The summed E-state index contributed by atoms with van der Waals surface area (Å²) in [7, 11) is 0. The molecule has 0 atom stereocenters. The molecule has 0 aliphatic rings. The number of carboxylic acids is 1. The van der Waals surface area contributed by atoms with Crippen LogP contribution in [-0.4, -0.2) is 23.5 Å². The lowest BCUT2D eigenvalue weighted by molar-refractivity contribution is -0.148. The van der Waals surface area contributed by atoms with Crippen LogP contribution in [0.4, 0.5) is 5.69 Å². The van der Waals surface area contributed by atoms with Gasteiger partial charge in [-0.2, -0.15) is 0 Å². The number of carbonyl (C=O) groups is 2. The van der Waals surface area contributed by atoms with Gasteiger partial charge in [0.1, 0.15) is 0 Å². The Morgan fingerprint density at radius 1 is 0.769 bits per heavy atom. The number of carboxylic acid groups (broad SMARTS) is 1. The molecule has 0 unspecified atom stereocenters. The lowest BCUT2D eigenvalue weighted by Gasteiger charge is -2.24. The molecule has 3 aromatic rings. The second-order valence-corrected chi connectivity index (χ2v) is 5.88. The highest BCUT2D eigenvalue weighted by atomic mass is 16.4. The van der Waals surface area contributed by atoms with Crippen LogP contribution in [0.2, 0.25) is 0 Å². The Kier molecular flexibility index (Phi) is 5.44. The molecule has 3 aromatic carbocycles. The van der Waals surface area contributed by atoms with E-state index in [0.29, 0.717) is 18.7 Å². The molecule has 0 heterocycles. The van der Waals surface area contributed by atoms with Crippen LogP contribution >= 0.6 is 0 Å². The van der Waals surface area contributed by atoms with E-state index in [2.05, 4.69) is 0 Å². The number of para-hydroxylation sites is 1. The Hall–Kier alpha value is -3.40. The zero-order valence-corrected chi connectivity index (χ0v) is 14.2. The van der Waals surface area contributed by atoms with E-state index in [1.807, 2.05) is 78.9 Å². The van der Waals surface area contributed by atoms with Gasteiger partial charge in [-0.15, -0.1) is 0 Å². The third-order valence-corrected chi connectivity index (χ3v) is 4.17. The molecule has 0 fully saturated rings. The number of hydrogen-bond donors (Lipinski definition) is 1. The first-order valence-corrected chi connectivity index (χ1v) is 8.40. The Bertz CT molecular complexity index is 892. The predicted octanol–water partition coefficient (Wildman–Crippen LogP) is 4.01. The van der Waals surface area contributed by atoms with Crippen LogP contribution in [0.3, 0.4) is 0 Å². The standard InChI is InChI=1S/C22H19NO3/c24-21(22(25)26)23(16-15-17-9-3-1-4-10-17)20-14-8-7-13-19(20)18-11-5-2-6-12-18/h1-14H,15-16H2,(H,25,26). The van der Waals surface area contributed by atoms with Crippen LogP contribution in [0.25, 0.3) is 11.1 Å². The number of anilines is 1. The molecular formula is C22H19NO3. The third kappa shape index (κ3) is 3.98. The maximum Gasteiger partial charge on any atom is 0.394 e. The number of hydrogen-bond acceptors (Lipinski definition) is 2. The SMILES string of the molecule is O=C(O)C(=O)N(CCc1ccccc1)c1ccccc1-c1ccccc1. The minimum atomic E-state index is -1.46. The van der Waals surface area contributed by atoms with Gasteiger partial charge in [0.15, 0.2) is 0 Å². The van der Waals surface area contributed by atoms with Gasteiger partial charge in [0.25, 0.3) is 0 Å². The van der Waals surface area contributed by atoms with Crippen molar-refractivity contribution in [1.82, 2.24) is 0 Å². The first-order valence-electron chi connectivity index (χ1n) is 8.40. The summed E-state index contributed by atoms with van der Waals surface area (Å²) in [5.41, 5.74) is 3.41. The van der Waals surface area contributed by atoms with E-state index in [-0.39, 0.29) is 0 Å². The Morgan fingerprint density at radius 3 is 2.00 bits per heavy atom. The Morgan fingerprint density at radius 2 is 1.35 bits per heavy atom. The van der Waals surface area contributed by atoms with Gasteiger partial charge >= 0.3 is 11.9 Å². The molecule has 0 aromatic heterocycles. The molecule has 0 saturated carbocycles. The molecule has 1 N–H and O–H groups in total. The van der Waals surface area contributed by atoms with Crippen LogP contribution in [0.15, 0.2) is 84.9 Å². The molecule has 3 rings (SSSR count). The topological polar surface area (TPSA) is 57.6 Å². The first-order chi connectivity index (χ1) is 12.7. The maximum atomic E-state index is 12.4. The van der Waals surface area contributed by atoms with Crippen molar-refractivity contribution in [2.24, 2.45) is 0 Å². The molecule has 0 aliphatic heterocycles. The smallest absolute Gasteiger partial charge is 0.394 e.